The van der Waals surface area contributed by atoms with E-state index < -0.39 is 11.9 Å². The average Bonchev–Trinajstić information content (AvgIpc) is 2.56. The van der Waals surface area contributed by atoms with E-state index in [-0.39, 0.29) is 11.0 Å². The number of methoxy groups -OCH3 is 2. The van der Waals surface area contributed by atoms with E-state index in [4.69, 9.17) is 9.47 Å². The molecule has 0 saturated heterocycles. The van der Waals surface area contributed by atoms with Crippen LogP contribution in [0.4, 0.5) is 0 Å². The number of esters is 2. The van der Waals surface area contributed by atoms with Gasteiger partial charge in [0.2, 0.25) is 0 Å². The monoisotopic (exact) mass is 306 g/mol. The Morgan fingerprint density at radius 2 is 1.77 bits per heavy atom. The molecule has 0 spiro atoms. The summed E-state index contributed by atoms with van der Waals surface area (Å²) >= 11 is 0. The minimum atomic E-state index is -0.650. The summed E-state index contributed by atoms with van der Waals surface area (Å²) in [5, 5.41) is 0. The van der Waals surface area contributed by atoms with Gasteiger partial charge in [0.15, 0.2) is 0 Å². The Hall–Kier alpha value is -1.84. The van der Waals surface area contributed by atoms with Crippen molar-refractivity contribution in [2.24, 2.45) is 5.41 Å². The molecule has 4 nitrogen and oxygen atoms in total. The fourth-order valence-electron chi connectivity index (χ4n) is 2.64. The van der Waals surface area contributed by atoms with Gasteiger partial charge in [-0.2, -0.15) is 0 Å². The van der Waals surface area contributed by atoms with Crippen LogP contribution < -0.4 is 0 Å². The fourth-order valence-corrected chi connectivity index (χ4v) is 2.64. The van der Waals surface area contributed by atoms with Crippen molar-refractivity contribution in [3.8, 4) is 0 Å². The largest absolute Gasteiger partial charge is 0.465 e. The lowest BCUT2D eigenvalue weighted by atomic mass is 9.76. The molecule has 4 heteroatoms. The van der Waals surface area contributed by atoms with Gasteiger partial charge in [-0.05, 0) is 12.8 Å². The molecule has 1 aliphatic rings. The van der Waals surface area contributed by atoms with Crippen LogP contribution in [0.3, 0.4) is 0 Å². The minimum absolute atomic E-state index is 0.0274. The average molecular weight is 306 g/mol. The number of ether oxygens (including phenoxy) is 2. The molecule has 0 radical (unpaired) electrons. The molecule has 0 bridgehead atoms. The van der Waals surface area contributed by atoms with E-state index in [1.54, 1.807) is 6.08 Å². The van der Waals surface area contributed by atoms with Crippen molar-refractivity contribution in [3.05, 3.63) is 36.0 Å². The molecule has 22 heavy (non-hydrogen) atoms. The summed E-state index contributed by atoms with van der Waals surface area (Å²) in [6.07, 6.45) is 16.0. The van der Waals surface area contributed by atoms with Crippen LogP contribution in [0.5, 0.6) is 0 Å². The van der Waals surface area contributed by atoms with Crippen LogP contribution in [-0.2, 0) is 19.1 Å². The van der Waals surface area contributed by atoms with Crippen molar-refractivity contribution < 1.29 is 19.1 Å². The predicted molar refractivity (Wildman–Crippen MR) is 86.2 cm³/mol. The molecule has 1 unspecified atom stereocenters. The Morgan fingerprint density at radius 1 is 1.09 bits per heavy atom. The summed E-state index contributed by atoms with van der Waals surface area (Å²) < 4.78 is 9.43. The molecular formula is C18H26O4. The summed E-state index contributed by atoms with van der Waals surface area (Å²) in [6.45, 7) is 2.17. The molecule has 0 amide bonds. The SMILES string of the molecule is CCCCCCC1(C=C(C(=O)OC)C(=O)OC)C=CC=CC1. The van der Waals surface area contributed by atoms with Gasteiger partial charge in [-0.25, -0.2) is 9.59 Å². The summed E-state index contributed by atoms with van der Waals surface area (Å²) in [5.41, 5.74) is -0.347. The van der Waals surface area contributed by atoms with Crippen LogP contribution >= 0.6 is 0 Å². The van der Waals surface area contributed by atoms with E-state index in [1.807, 2.05) is 12.2 Å². The highest BCUT2D eigenvalue weighted by Gasteiger charge is 2.30. The van der Waals surface area contributed by atoms with Gasteiger partial charge in [0.05, 0.1) is 14.2 Å². The zero-order valence-electron chi connectivity index (χ0n) is 13.8. The van der Waals surface area contributed by atoms with Crippen molar-refractivity contribution in [1.29, 1.82) is 0 Å². The zero-order valence-corrected chi connectivity index (χ0v) is 13.8. The first-order chi connectivity index (χ1) is 10.6. The maximum atomic E-state index is 11.9. The van der Waals surface area contributed by atoms with Crippen molar-refractivity contribution in [1.82, 2.24) is 0 Å². The van der Waals surface area contributed by atoms with Crippen LogP contribution in [0.25, 0.3) is 0 Å². The van der Waals surface area contributed by atoms with E-state index in [2.05, 4.69) is 19.1 Å². The first-order valence-electron chi connectivity index (χ1n) is 7.82. The highest BCUT2D eigenvalue weighted by Crippen LogP contribution is 2.37. The van der Waals surface area contributed by atoms with E-state index in [0.29, 0.717) is 0 Å². The fraction of sp³-hybridized carbons (Fsp3) is 0.556. The Labute approximate surface area is 132 Å². The van der Waals surface area contributed by atoms with Gasteiger partial charge in [0, 0.05) is 5.41 Å². The molecule has 0 aliphatic heterocycles. The van der Waals surface area contributed by atoms with Crippen LogP contribution in [0.1, 0.15) is 45.4 Å². The maximum Gasteiger partial charge on any atom is 0.344 e. The van der Waals surface area contributed by atoms with Gasteiger partial charge in [-0.15, -0.1) is 0 Å². The topological polar surface area (TPSA) is 52.6 Å². The normalized spacial score (nSPS) is 19.6. The first-order valence-corrected chi connectivity index (χ1v) is 7.82. The van der Waals surface area contributed by atoms with Crippen molar-refractivity contribution in [3.63, 3.8) is 0 Å². The molecule has 0 aromatic heterocycles. The van der Waals surface area contributed by atoms with Crippen LogP contribution in [0.15, 0.2) is 36.0 Å². The van der Waals surface area contributed by atoms with Gasteiger partial charge in [0.1, 0.15) is 5.57 Å². The van der Waals surface area contributed by atoms with Crippen LogP contribution in [-0.4, -0.2) is 26.2 Å². The third-order valence-corrected chi connectivity index (χ3v) is 3.91. The molecule has 122 valence electrons. The second-order valence-corrected chi connectivity index (χ2v) is 5.58. The molecule has 0 aromatic carbocycles. The van der Waals surface area contributed by atoms with Crippen LogP contribution in [0.2, 0.25) is 0 Å². The number of unbranched alkanes of at least 4 members (excludes halogenated alkanes) is 3. The maximum absolute atomic E-state index is 11.9. The molecule has 1 atom stereocenters. The number of rotatable bonds is 8. The number of carbonyl (C=O) groups is 2. The Balaban J connectivity index is 3.00. The van der Waals surface area contributed by atoms with Crippen molar-refractivity contribution in [2.45, 2.75) is 45.4 Å². The summed E-state index contributed by atoms with van der Waals surface area (Å²) in [5.74, 6) is -1.30. The highest BCUT2D eigenvalue weighted by atomic mass is 16.5. The number of hydrogen-bond donors (Lipinski definition) is 0. The van der Waals surface area contributed by atoms with Crippen LogP contribution in [0, 0.1) is 5.41 Å². The van der Waals surface area contributed by atoms with Gasteiger partial charge in [-0.3, -0.25) is 0 Å². The third-order valence-electron chi connectivity index (χ3n) is 3.91. The molecular weight excluding hydrogens is 280 g/mol. The molecule has 1 rings (SSSR count). The van der Waals surface area contributed by atoms with E-state index >= 15 is 0 Å². The minimum Gasteiger partial charge on any atom is -0.465 e. The second-order valence-electron chi connectivity index (χ2n) is 5.58. The smallest absolute Gasteiger partial charge is 0.344 e. The molecule has 0 fully saturated rings. The number of hydrogen-bond acceptors (Lipinski definition) is 4. The Bertz CT molecular complexity index is 455. The third kappa shape index (κ3) is 5.17. The second kappa shape index (κ2) is 9.23. The molecule has 0 saturated carbocycles. The summed E-state index contributed by atoms with van der Waals surface area (Å²) in [7, 11) is 2.54. The standard InChI is InChI=1S/C18H26O4/c1-4-5-6-8-11-18(12-9-7-10-13-18)14-15(16(19)21-2)17(20)22-3/h7,9-10,12,14H,4-6,8,11,13H2,1-3H3. The summed E-state index contributed by atoms with van der Waals surface area (Å²) in [4.78, 5) is 23.7. The lowest BCUT2D eigenvalue weighted by molar-refractivity contribution is -0.144. The highest BCUT2D eigenvalue weighted by molar-refractivity contribution is 6.14. The van der Waals surface area contributed by atoms with Gasteiger partial charge < -0.3 is 9.47 Å². The van der Waals surface area contributed by atoms with Crippen molar-refractivity contribution >= 4 is 11.9 Å². The Morgan fingerprint density at radius 3 is 2.27 bits per heavy atom. The van der Waals surface area contributed by atoms with Gasteiger partial charge in [-0.1, -0.05) is 63.0 Å². The molecule has 0 heterocycles. The quantitative estimate of drug-likeness (QED) is 0.225. The van der Waals surface area contributed by atoms with E-state index in [0.717, 1.165) is 25.7 Å². The molecule has 0 N–H and O–H groups in total. The molecule has 1 aliphatic carbocycles. The lowest BCUT2D eigenvalue weighted by Gasteiger charge is -2.28. The lowest BCUT2D eigenvalue weighted by Crippen LogP contribution is -2.23. The summed E-state index contributed by atoms with van der Waals surface area (Å²) in [6, 6.07) is 0. The van der Waals surface area contributed by atoms with Crippen molar-refractivity contribution in [2.75, 3.05) is 14.2 Å². The van der Waals surface area contributed by atoms with Gasteiger partial charge in [0.25, 0.3) is 0 Å². The van der Waals surface area contributed by atoms with Gasteiger partial charge >= 0.3 is 11.9 Å². The number of allylic oxidation sites excluding steroid dienone is 5. The Kier molecular flexibility index (Phi) is 7.64. The first kappa shape index (κ1) is 18.2. The zero-order chi connectivity index (χ0) is 16.4. The van der Waals surface area contributed by atoms with E-state index in [9.17, 15) is 9.59 Å². The predicted octanol–water partition coefficient (Wildman–Crippen LogP) is 3.73. The number of carbonyl (C=O) groups excluding carboxylic acids is 2. The van der Waals surface area contributed by atoms with E-state index in [1.165, 1.54) is 27.1 Å². The molecule has 0 aromatic rings.